The molecule has 29 heavy (non-hydrogen) atoms. The van der Waals surface area contributed by atoms with Gasteiger partial charge in [-0.05, 0) is 49.4 Å². The van der Waals surface area contributed by atoms with Gasteiger partial charge < -0.3 is 10.1 Å². The Labute approximate surface area is 178 Å². The summed E-state index contributed by atoms with van der Waals surface area (Å²) in [6.45, 7) is 2.17. The molecule has 1 heterocycles. The highest BCUT2D eigenvalue weighted by Crippen LogP contribution is 2.40. The molecule has 0 saturated heterocycles. The van der Waals surface area contributed by atoms with Crippen molar-refractivity contribution < 1.29 is 9.53 Å². The molecule has 1 aliphatic rings. The fourth-order valence-corrected chi connectivity index (χ4v) is 3.81. The quantitative estimate of drug-likeness (QED) is 0.534. The van der Waals surface area contributed by atoms with E-state index in [1.165, 1.54) is 0 Å². The van der Waals surface area contributed by atoms with Gasteiger partial charge in [0, 0.05) is 21.4 Å². The first-order valence-corrected chi connectivity index (χ1v) is 9.99. The summed E-state index contributed by atoms with van der Waals surface area (Å²) in [5, 5.41) is 3.50. The number of hydrogen-bond donors (Lipinski definition) is 1. The molecule has 1 aliphatic heterocycles. The number of rotatable bonds is 4. The molecular formula is C24H19BrN2O2. The number of ether oxygens (including phenoxy) is 1. The number of anilines is 2. The summed E-state index contributed by atoms with van der Waals surface area (Å²) >= 11 is 3.54. The summed E-state index contributed by atoms with van der Waals surface area (Å²) in [5.41, 5.74) is 4.16. The lowest BCUT2D eigenvalue weighted by Gasteiger charge is -2.38. The van der Waals surface area contributed by atoms with E-state index in [0.29, 0.717) is 11.3 Å². The normalized spacial score (nSPS) is 15.3. The fraction of sp³-hybridized carbons (Fsp3) is 0.125. The van der Waals surface area contributed by atoms with Gasteiger partial charge in [-0.3, -0.25) is 9.69 Å². The summed E-state index contributed by atoms with van der Waals surface area (Å²) in [6.07, 6.45) is 4.93. The summed E-state index contributed by atoms with van der Waals surface area (Å²) in [5.74, 6) is 3.06. The molecular weight excluding hydrogens is 428 g/mol. The molecule has 3 aromatic carbocycles. The maximum Gasteiger partial charge on any atom is 0.262 e. The smallest absolute Gasteiger partial charge is 0.262 e. The molecule has 0 bridgehead atoms. The van der Waals surface area contributed by atoms with Crippen LogP contribution in [0.3, 0.4) is 0 Å². The largest absolute Gasteiger partial charge is 0.481 e. The number of nitrogens with one attached hydrogen (secondary N) is 1. The molecule has 1 atom stereocenters. The van der Waals surface area contributed by atoms with Crippen molar-refractivity contribution in [3.63, 3.8) is 0 Å². The zero-order valence-corrected chi connectivity index (χ0v) is 17.4. The second kappa shape index (κ2) is 8.02. The van der Waals surface area contributed by atoms with Crippen LogP contribution < -0.4 is 15.0 Å². The average molecular weight is 447 g/mol. The van der Waals surface area contributed by atoms with Gasteiger partial charge in [-0.1, -0.05) is 51.7 Å². The summed E-state index contributed by atoms with van der Waals surface area (Å²) in [6, 6.07) is 21.1. The van der Waals surface area contributed by atoms with Crippen molar-refractivity contribution in [3.05, 3.63) is 87.9 Å². The lowest BCUT2D eigenvalue weighted by atomic mass is 10.0. The molecule has 0 aromatic heterocycles. The summed E-state index contributed by atoms with van der Waals surface area (Å²) < 4.78 is 6.67. The van der Waals surface area contributed by atoms with Crippen LogP contribution in [0.15, 0.2) is 71.2 Å². The highest BCUT2D eigenvalue weighted by molar-refractivity contribution is 9.10. The second-order valence-corrected chi connectivity index (χ2v) is 7.69. The van der Waals surface area contributed by atoms with Gasteiger partial charge in [-0.2, -0.15) is 0 Å². The lowest BCUT2D eigenvalue weighted by Crippen LogP contribution is -2.43. The number of aryl methyl sites for hydroxylation is 1. The third kappa shape index (κ3) is 3.72. The molecule has 3 aromatic rings. The standard InChI is InChI=1S/C24H19BrN2O2/c1-3-14-29-22-13-10-17(25)15-20(22)23-26-21-7-5-4-6-19(21)24(28)27(23)18-11-8-16(2)9-12-18/h1,4-13,15,23,26H,14H2,2H3/t23-/m0/s1. The number of nitrogens with zero attached hydrogens (tertiary/aromatic N) is 1. The number of carbonyl (C=O) groups excluding carboxylic acids is 1. The first-order chi connectivity index (χ1) is 14.1. The van der Waals surface area contributed by atoms with Crippen LogP contribution in [0.4, 0.5) is 11.4 Å². The van der Waals surface area contributed by atoms with E-state index >= 15 is 0 Å². The third-order valence-corrected chi connectivity index (χ3v) is 5.31. The summed E-state index contributed by atoms with van der Waals surface area (Å²) in [7, 11) is 0. The van der Waals surface area contributed by atoms with Gasteiger partial charge in [0.15, 0.2) is 0 Å². The van der Waals surface area contributed by atoms with Crippen molar-refractivity contribution in [2.45, 2.75) is 13.1 Å². The number of halogens is 1. The molecule has 1 N–H and O–H groups in total. The van der Waals surface area contributed by atoms with Crippen molar-refractivity contribution in [3.8, 4) is 18.1 Å². The number of amides is 1. The Morgan fingerprint density at radius 2 is 1.90 bits per heavy atom. The molecule has 0 unspecified atom stereocenters. The minimum atomic E-state index is -0.453. The molecule has 0 saturated carbocycles. The van der Waals surface area contributed by atoms with Crippen molar-refractivity contribution >= 4 is 33.2 Å². The Morgan fingerprint density at radius 3 is 2.66 bits per heavy atom. The van der Waals surface area contributed by atoms with Crippen LogP contribution in [0.5, 0.6) is 5.75 Å². The molecule has 4 nitrogen and oxygen atoms in total. The van der Waals surface area contributed by atoms with Gasteiger partial charge in [-0.25, -0.2) is 0 Å². The maximum atomic E-state index is 13.5. The molecule has 0 radical (unpaired) electrons. The zero-order chi connectivity index (χ0) is 20.4. The third-order valence-electron chi connectivity index (χ3n) is 4.82. The highest BCUT2D eigenvalue weighted by atomic mass is 79.9. The number of carbonyl (C=O) groups is 1. The van der Waals surface area contributed by atoms with E-state index in [4.69, 9.17) is 11.2 Å². The second-order valence-electron chi connectivity index (χ2n) is 6.78. The Balaban J connectivity index is 1.88. The zero-order valence-electron chi connectivity index (χ0n) is 15.9. The van der Waals surface area contributed by atoms with E-state index in [0.717, 1.165) is 27.0 Å². The Kier molecular flexibility index (Phi) is 5.28. The predicted octanol–water partition coefficient (Wildman–Crippen LogP) is 5.54. The van der Waals surface area contributed by atoms with Crippen LogP contribution in [0.2, 0.25) is 0 Å². The molecule has 0 aliphatic carbocycles. The van der Waals surface area contributed by atoms with E-state index in [-0.39, 0.29) is 12.5 Å². The van der Waals surface area contributed by atoms with E-state index in [1.54, 1.807) is 4.90 Å². The predicted molar refractivity (Wildman–Crippen MR) is 119 cm³/mol. The van der Waals surface area contributed by atoms with Gasteiger partial charge in [-0.15, -0.1) is 6.42 Å². The van der Waals surface area contributed by atoms with Gasteiger partial charge >= 0.3 is 0 Å². The van der Waals surface area contributed by atoms with Crippen LogP contribution in [0, 0.1) is 19.3 Å². The minimum absolute atomic E-state index is 0.0731. The number of para-hydroxylation sites is 1. The monoisotopic (exact) mass is 446 g/mol. The topological polar surface area (TPSA) is 41.6 Å². The first kappa shape index (κ1) is 19.1. The minimum Gasteiger partial charge on any atom is -0.481 e. The van der Waals surface area contributed by atoms with Crippen LogP contribution in [-0.2, 0) is 0 Å². The van der Waals surface area contributed by atoms with Crippen molar-refractivity contribution in [1.82, 2.24) is 0 Å². The van der Waals surface area contributed by atoms with Crippen molar-refractivity contribution in [2.75, 3.05) is 16.8 Å². The van der Waals surface area contributed by atoms with E-state index < -0.39 is 6.17 Å². The number of hydrogen-bond acceptors (Lipinski definition) is 3. The highest BCUT2D eigenvalue weighted by Gasteiger charge is 2.35. The van der Waals surface area contributed by atoms with E-state index in [2.05, 4.69) is 27.2 Å². The Morgan fingerprint density at radius 1 is 1.14 bits per heavy atom. The van der Waals surface area contributed by atoms with Crippen molar-refractivity contribution in [2.24, 2.45) is 0 Å². The maximum absolute atomic E-state index is 13.5. The Hall–Kier alpha value is -3.23. The Bertz CT molecular complexity index is 1100. The molecule has 0 fully saturated rings. The van der Waals surface area contributed by atoms with Crippen molar-refractivity contribution in [1.29, 1.82) is 0 Å². The van der Waals surface area contributed by atoms with Gasteiger partial charge in [0.1, 0.15) is 18.5 Å². The molecule has 144 valence electrons. The van der Waals surface area contributed by atoms with Crippen LogP contribution >= 0.6 is 15.9 Å². The van der Waals surface area contributed by atoms with Gasteiger partial charge in [0.05, 0.1) is 5.56 Å². The van der Waals surface area contributed by atoms with Crippen LogP contribution in [0.1, 0.15) is 27.7 Å². The molecule has 4 rings (SSSR count). The number of fused-ring (bicyclic) bond motifs is 1. The molecule has 1 amide bonds. The number of terminal acetylenes is 1. The molecule has 5 heteroatoms. The fourth-order valence-electron chi connectivity index (χ4n) is 3.43. The first-order valence-electron chi connectivity index (χ1n) is 9.20. The summed E-state index contributed by atoms with van der Waals surface area (Å²) in [4.78, 5) is 15.3. The van der Waals surface area contributed by atoms with Crippen LogP contribution in [-0.4, -0.2) is 12.5 Å². The van der Waals surface area contributed by atoms with Gasteiger partial charge in [0.25, 0.3) is 5.91 Å². The van der Waals surface area contributed by atoms with E-state index in [1.807, 2.05) is 73.7 Å². The lowest BCUT2D eigenvalue weighted by molar-refractivity contribution is 0.0974. The van der Waals surface area contributed by atoms with Crippen LogP contribution in [0.25, 0.3) is 0 Å². The molecule has 0 spiro atoms. The average Bonchev–Trinajstić information content (AvgIpc) is 2.74. The van der Waals surface area contributed by atoms with Gasteiger partial charge in [0.2, 0.25) is 0 Å². The number of benzene rings is 3. The van der Waals surface area contributed by atoms with E-state index in [9.17, 15) is 4.79 Å². The SMILES string of the molecule is C#CCOc1ccc(Br)cc1[C@H]1Nc2ccccc2C(=O)N1c1ccc(C)cc1.